The summed E-state index contributed by atoms with van der Waals surface area (Å²) in [5, 5.41) is 9.69. The Morgan fingerprint density at radius 1 is 1.40 bits per heavy atom. The van der Waals surface area contributed by atoms with Gasteiger partial charge in [-0.05, 0) is 12.1 Å². The summed E-state index contributed by atoms with van der Waals surface area (Å²) in [6, 6.07) is 7.56. The molecule has 15 heavy (non-hydrogen) atoms. The van der Waals surface area contributed by atoms with Crippen molar-refractivity contribution in [2.75, 3.05) is 4.90 Å². The maximum atomic E-state index is 9.69. The van der Waals surface area contributed by atoms with Crippen molar-refractivity contribution in [3.8, 4) is 5.75 Å². The van der Waals surface area contributed by atoms with Crippen molar-refractivity contribution in [2.24, 2.45) is 15.7 Å². The Bertz CT molecular complexity index is 483. The molecule has 0 radical (unpaired) electrons. The summed E-state index contributed by atoms with van der Waals surface area (Å²) in [5.41, 5.74) is 6.15. The number of rotatable bonds is 0. The van der Waals surface area contributed by atoms with Crippen LogP contribution in [0.1, 0.15) is 0 Å². The maximum Gasteiger partial charge on any atom is 0.309 e. The van der Waals surface area contributed by atoms with Gasteiger partial charge in [0, 0.05) is 0 Å². The zero-order valence-electron chi connectivity index (χ0n) is 7.66. The number of anilines is 1. The first kappa shape index (κ1) is 8.25. The zero-order valence-corrected chi connectivity index (χ0v) is 7.66. The lowest BCUT2D eigenvalue weighted by atomic mass is 10.3. The van der Waals surface area contributed by atoms with E-state index in [1.54, 1.807) is 6.07 Å². The molecule has 0 aliphatic carbocycles. The van der Waals surface area contributed by atoms with Crippen molar-refractivity contribution in [3.63, 3.8) is 0 Å². The average Bonchev–Trinajstić information content (AvgIpc) is 2.54. The Labute approximate surface area is 85.3 Å². The SMILES string of the molecule is NC1=NC(O)N2C(=N1)Oc1ccccc12. The van der Waals surface area contributed by atoms with Crippen molar-refractivity contribution in [2.45, 2.75) is 6.35 Å². The number of nitrogens with two attached hydrogens (primary N) is 1. The molecule has 3 rings (SSSR count). The van der Waals surface area contributed by atoms with Gasteiger partial charge in [-0.25, -0.2) is 4.90 Å². The van der Waals surface area contributed by atoms with Crippen molar-refractivity contribution in [1.29, 1.82) is 0 Å². The van der Waals surface area contributed by atoms with Crippen molar-refractivity contribution < 1.29 is 9.84 Å². The Hall–Kier alpha value is -2.08. The molecule has 1 aromatic carbocycles. The zero-order chi connectivity index (χ0) is 10.4. The van der Waals surface area contributed by atoms with Gasteiger partial charge in [0.05, 0.1) is 5.69 Å². The van der Waals surface area contributed by atoms with Gasteiger partial charge in [-0.1, -0.05) is 12.1 Å². The first-order valence-corrected chi connectivity index (χ1v) is 4.42. The Morgan fingerprint density at radius 3 is 3.07 bits per heavy atom. The topological polar surface area (TPSA) is 83.4 Å². The highest BCUT2D eigenvalue weighted by molar-refractivity contribution is 6.07. The van der Waals surface area contributed by atoms with Gasteiger partial charge in [-0.15, -0.1) is 0 Å². The quantitative estimate of drug-likeness (QED) is 0.615. The summed E-state index contributed by atoms with van der Waals surface area (Å²) < 4.78 is 5.41. The Kier molecular flexibility index (Phi) is 1.49. The van der Waals surface area contributed by atoms with Crippen LogP contribution in [0.15, 0.2) is 34.3 Å². The number of guanidine groups is 1. The van der Waals surface area contributed by atoms with E-state index in [1.165, 1.54) is 4.90 Å². The van der Waals surface area contributed by atoms with Gasteiger partial charge in [-0.3, -0.25) is 0 Å². The summed E-state index contributed by atoms with van der Waals surface area (Å²) >= 11 is 0. The van der Waals surface area contributed by atoms with E-state index in [-0.39, 0.29) is 12.0 Å². The first-order valence-electron chi connectivity index (χ1n) is 4.42. The van der Waals surface area contributed by atoms with Gasteiger partial charge in [0.15, 0.2) is 5.75 Å². The van der Waals surface area contributed by atoms with E-state index in [1.807, 2.05) is 18.2 Å². The van der Waals surface area contributed by atoms with Gasteiger partial charge >= 0.3 is 6.02 Å². The van der Waals surface area contributed by atoms with Gasteiger partial charge in [0.2, 0.25) is 12.3 Å². The summed E-state index contributed by atoms with van der Waals surface area (Å²) in [4.78, 5) is 9.11. The number of ether oxygens (including phenoxy) is 1. The highest BCUT2D eigenvalue weighted by Gasteiger charge is 2.35. The Balaban J connectivity index is 2.13. The lowest BCUT2D eigenvalue weighted by Gasteiger charge is -2.22. The molecule has 6 heteroatoms. The molecule has 0 saturated carbocycles. The van der Waals surface area contributed by atoms with Crippen LogP contribution >= 0.6 is 0 Å². The molecular formula is C9H8N4O2. The van der Waals surface area contributed by atoms with Crippen LogP contribution in [-0.4, -0.2) is 23.4 Å². The molecule has 2 heterocycles. The molecule has 3 N–H and O–H groups in total. The van der Waals surface area contributed by atoms with Crippen molar-refractivity contribution in [3.05, 3.63) is 24.3 Å². The highest BCUT2D eigenvalue weighted by atomic mass is 16.5. The minimum atomic E-state index is -1.07. The fraction of sp³-hybridized carbons (Fsp3) is 0.111. The second-order valence-corrected chi connectivity index (χ2v) is 3.17. The Morgan fingerprint density at radius 2 is 2.20 bits per heavy atom. The molecule has 1 unspecified atom stereocenters. The third-order valence-corrected chi connectivity index (χ3v) is 2.22. The van der Waals surface area contributed by atoms with E-state index in [0.717, 1.165) is 5.69 Å². The number of para-hydroxylation sites is 2. The molecule has 0 saturated heterocycles. The average molecular weight is 204 g/mol. The molecule has 1 atom stereocenters. The highest BCUT2D eigenvalue weighted by Crippen LogP contribution is 2.36. The van der Waals surface area contributed by atoms with Crippen LogP contribution in [-0.2, 0) is 0 Å². The van der Waals surface area contributed by atoms with Gasteiger partial charge in [0.1, 0.15) is 0 Å². The van der Waals surface area contributed by atoms with E-state index in [4.69, 9.17) is 10.5 Å². The van der Waals surface area contributed by atoms with Crippen molar-refractivity contribution >= 4 is 17.7 Å². The third-order valence-electron chi connectivity index (χ3n) is 2.22. The molecule has 0 aromatic heterocycles. The summed E-state index contributed by atoms with van der Waals surface area (Å²) in [7, 11) is 0. The van der Waals surface area contributed by atoms with E-state index in [2.05, 4.69) is 9.98 Å². The van der Waals surface area contributed by atoms with Crippen LogP contribution in [0.3, 0.4) is 0 Å². The molecule has 0 spiro atoms. The van der Waals surface area contributed by atoms with Gasteiger partial charge in [-0.2, -0.15) is 9.98 Å². The fourth-order valence-electron chi connectivity index (χ4n) is 1.60. The van der Waals surface area contributed by atoms with E-state index < -0.39 is 6.35 Å². The number of nitrogens with zero attached hydrogens (tertiary/aromatic N) is 3. The smallest absolute Gasteiger partial charge is 0.309 e. The van der Waals surface area contributed by atoms with Crippen LogP contribution in [0.4, 0.5) is 5.69 Å². The molecule has 76 valence electrons. The van der Waals surface area contributed by atoms with Gasteiger partial charge < -0.3 is 15.6 Å². The lowest BCUT2D eigenvalue weighted by Crippen LogP contribution is -2.43. The largest absolute Gasteiger partial charge is 0.423 e. The van der Waals surface area contributed by atoms with Crippen LogP contribution in [0, 0.1) is 0 Å². The molecular weight excluding hydrogens is 196 g/mol. The fourth-order valence-corrected chi connectivity index (χ4v) is 1.60. The van der Waals surface area contributed by atoms with E-state index in [9.17, 15) is 5.11 Å². The second kappa shape index (κ2) is 2.71. The van der Waals surface area contributed by atoms with Crippen LogP contribution in [0.5, 0.6) is 5.75 Å². The molecule has 1 aromatic rings. The number of amidine groups is 1. The normalized spacial score (nSPS) is 22.5. The number of benzene rings is 1. The number of hydrogen-bond acceptors (Lipinski definition) is 6. The minimum Gasteiger partial charge on any atom is -0.423 e. The lowest BCUT2D eigenvalue weighted by molar-refractivity contribution is 0.191. The number of aliphatic hydroxyl groups is 1. The molecule has 6 nitrogen and oxygen atoms in total. The predicted molar refractivity (Wildman–Crippen MR) is 54.6 cm³/mol. The maximum absolute atomic E-state index is 9.69. The van der Waals surface area contributed by atoms with Crippen LogP contribution < -0.4 is 15.4 Å². The number of aliphatic hydroxyl groups excluding tert-OH is 1. The summed E-state index contributed by atoms with van der Waals surface area (Å²) in [6.07, 6.45) is -1.07. The number of hydrogen-bond donors (Lipinski definition) is 2. The van der Waals surface area contributed by atoms with Gasteiger partial charge in [0.25, 0.3) is 0 Å². The minimum absolute atomic E-state index is 0.0153. The van der Waals surface area contributed by atoms with E-state index >= 15 is 0 Å². The van der Waals surface area contributed by atoms with Crippen LogP contribution in [0.2, 0.25) is 0 Å². The first-order chi connectivity index (χ1) is 7.25. The number of fused-ring (bicyclic) bond motifs is 3. The molecule has 0 fully saturated rings. The molecule has 2 aliphatic heterocycles. The predicted octanol–water partition coefficient (Wildman–Crippen LogP) is -0.154. The molecule has 0 bridgehead atoms. The van der Waals surface area contributed by atoms with Crippen LogP contribution in [0.25, 0.3) is 0 Å². The van der Waals surface area contributed by atoms with E-state index in [0.29, 0.717) is 5.75 Å². The summed E-state index contributed by atoms with van der Waals surface area (Å²) in [6.45, 7) is 0. The standard InChI is InChI=1S/C9H8N4O2/c10-7-11-8(14)13-5-3-1-2-4-6(5)15-9(13)12-7/h1-4,8,14H,(H2,10,11). The van der Waals surface area contributed by atoms with Crippen molar-refractivity contribution in [1.82, 2.24) is 0 Å². The second-order valence-electron chi connectivity index (χ2n) is 3.17. The third kappa shape index (κ3) is 1.08. The molecule has 0 amide bonds. The summed E-state index contributed by atoms with van der Waals surface area (Å²) in [5.74, 6) is 0.654. The monoisotopic (exact) mass is 204 g/mol. The number of aliphatic imine (C=N–C) groups is 2. The molecule has 2 aliphatic rings.